The molecule has 0 N–H and O–H groups in total. The van der Waals surface area contributed by atoms with Crippen molar-refractivity contribution < 1.29 is 9.53 Å². The van der Waals surface area contributed by atoms with Crippen LogP contribution >= 0.6 is 0 Å². The zero-order valence-electron chi connectivity index (χ0n) is 14.1. The monoisotopic (exact) mass is 316 g/mol. The topological polar surface area (TPSA) is 32.8 Å². The molecule has 1 aromatic rings. The van der Waals surface area contributed by atoms with Gasteiger partial charge in [0.2, 0.25) is 5.91 Å². The van der Waals surface area contributed by atoms with Crippen LogP contribution in [0.25, 0.3) is 0 Å². The van der Waals surface area contributed by atoms with Crippen molar-refractivity contribution in [3.63, 3.8) is 0 Å². The van der Waals surface area contributed by atoms with Crippen LogP contribution in [0.5, 0.6) is 0 Å². The highest BCUT2D eigenvalue weighted by atomic mass is 16.5. The highest BCUT2D eigenvalue weighted by Crippen LogP contribution is 2.22. The SMILES string of the molecule is CN1CCC[C@@H](C(=O)N2CCC(OCc3ccccc3)CC2)C1. The molecule has 4 heteroatoms. The van der Waals surface area contributed by atoms with Crippen LogP contribution in [0.1, 0.15) is 31.2 Å². The lowest BCUT2D eigenvalue weighted by Gasteiger charge is -2.36. The summed E-state index contributed by atoms with van der Waals surface area (Å²) in [6, 6.07) is 10.3. The van der Waals surface area contributed by atoms with Crippen LogP contribution in [-0.4, -0.2) is 55.0 Å². The van der Waals surface area contributed by atoms with Gasteiger partial charge in [-0.05, 0) is 44.8 Å². The Kier molecular flexibility index (Phi) is 5.68. The molecule has 0 bridgehead atoms. The zero-order chi connectivity index (χ0) is 16.1. The van der Waals surface area contributed by atoms with Crippen LogP contribution < -0.4 is 0 Å². The molecular formula is C19H28N2O2. The molecule has 2 heterocycles. The lowest BCUT2D eigenvalue weighted by molar-refractivity contribution is -0.140. The second-order valence-electron chi connectivity index (χ2n) is 6.92. The van der Waals surface area contributed by atoms with Gasteiger partial charge in [0.1, 0.15) is 0 Å². The number of carbonyl (C=O) groups excluding carboxylic acids is 1. The molecule has 2 aliphatic heterocycles. The molecule has 0 aromatic heterocycles. The Hall–Kier alpha value is -1.39. The minimum atomic E-state index is 0.204. The van der Waals surface area contributed by atoms with Crippen LogP contribution in [0.3, 0.4) is 0 Å². The van der Waals surface area contributed by atoms with Crippen molar-refractivity contribution in [1.82, 2.24) is 9.80 Å². The molecule has 4 nitrogen and oxygen atoms in total. The molecule has 3 rings (SSSR count). The average Bonchev–Trinajstić information content (AvgIpc) is 2.61. The van der Waals surface area contributed by atoms with Gasteiger partial charge < -0.3 is 14.5 Å². The van der Waals surface area contributed by atoms with Gasteiger partial charge in [-0.25, -0.2) is 0 Å². The molecule has 2 aliphatic rings. The van der Waals surface area contributed by atoms with E-state index in [9.17, 15) is 4.79 Å². The van der Waals surface area contributed by atoms with Crippen molar-refractivity contribution in [3.8, 4) is 0 Å². The maximum absolute atomic E-state index is 12.6. The van der Waals surface area contributed by atoms with E-state index in [4.69, 9.17) is 4.74 Å². The Morgan fingerprint density at radius 3 is 2.57 bits per heavy atom. The van der Waals surface area contributed by atoms with Crippen molar-refractivity contribution >= 4 is 5.91 Å². The molecule has 1 amide bonds. The first-order valence-corrected chi connectivity index (χ1v) is 8.85. The van der Waals surface area contributed by atoms with Gasteiger partial charge in [0, 0.05) is 19.6 Å². The van der Waals surface area contributed by atoms with Crippen LogP contribution in [0.4, 0.5) is 0 Å². The third kappa shape index (κ3) is 4.55. The number of carbonyl (C=O) groups is 1. The van der Waals surface area contributed by atoms with Gasteiger partial charge in [-0.15, -0.1) is 0 Å². The van der Waals surface area contributed by atoms with Crippen LogP contribution in [0, 0.1) is 5.92 Å². The fourth-order valence-corrected chi connectivity index (χ4v) is 3.66. The van der Waals surface area contributed by atoms with Gasteiger partial charge in [0.25, 0.3) is 0 Å². The summed E-state index contributed by atoms with van der Waals surface area (Å²) < 4.78 is 6.01. The van der Waals surface area contributed by atoms with E-state index >= 15 is 0 Å². The Morgan fingerprint density at radius 2 is 1.87 bits per heavy atom. The molecule has 0 unspecified atom stereocenters. The van der Waals surface area contributed by atoms with E-state index in [0.29, 0.717) is 12.5 Å². The first kappa shape index (κ1) is 16.5. The van der Waals surface area contributed by atoms with E-state index in [2.05, 4.69) is 29.0 Å². The maximum Gasteiger partial charge on any atom is 0.226 e. The summed E-state index contributed by atoms with van der Waals surface area (Å²) in [5, 5.41) is 0. The average molecular weight is 316 g/mol. The van der Waals surface area contributed by atoms with E-state index in [1.54, 1.807) is 0 Å². The second-order valence-corrected chi connectivity index (χ2v) is 6.92. The quantitative estimate of drug-likeness (QED) is 0.856. The highest BCUT2D eigenvalue weighted by Gasteiger charge is 2.30. The molecule has 0 spiro atoms. The summed E-state index contributed by atoms with van der Waals surface area (Å²) >= 11 is 0. The summed E-state index contributed by atoms with van der Waals surface area (Å²) in [5.74, 6) is 0.564. The minimum absolute atomic E-state index is 0.204. The van der Waals surface area contributed by atoms with Crippen LogP contribution in [0.2, 0.25) is 0 Å². The van der Waals surface area contributed by atoms with Gasteiger partial charge in [0.15, 0.2) is 0 Å². The van der Waals surface area contributed by atoms with Crippen molar-refractivity contribution in [1.29, 1.82) is 0 Å². The van der Waals surface area contributed by atoms with E-state index in [0.717, 1.165) is 51.9 Å². The maximum atomic E-state index is 12.6. The van der Waals surface area contributed by atoms with Gasteiger partial charge in [-0.1, -0.05) is 30.3 Å². The molecule has 126 valence electrons. The molecule has 2 fully saturated rings. The zero-order valence-corrected chi connectivity index (χ0v) is 14.1. The number of hydrogen-bond acceptors (Lipinski definition) is 3. The predicted octanol–water partition coefficient (Wildman–Crippen LogP) is 2.54. The fraction of sp³-hybridized carbons (Fsp3) is 0.632. The largest absolute Gasteiger partial charge is 0.373 e. The number of rotatable bonds is 4. The van der Waals surface area contributed by atoms with E-state index in [1.165, 1.54) is 5.56 Å². The van der Waals surface area contributed by atoms with Crippen LogP contribution in [0.15, 0.2) is 30.3 Å². The molecule has 2 saturated heterocycles. The third-order valence-electron chi connectivity index (χ3n) is 5.06. The number of ether oxygens (including phenoxy) is 1. The lowest BCUT2D eigenvalue weighted by Crippen LogP contribution is -2.47. The number of amides is 1. The number of likely N-dealkylation sites (tertiary alicyclic amines) is 2. The first-order chi connectivity index (χ1) is 11.2. The molecule has 0 saturated carbocycles. The van der Waals surface area contributed by atoms with E-state index in [-0.39, 0.29) is 12.0 Å². The van der Waals surface area contributed by atoms with Gasteiger partial charge in [-0.3, -0.25) is 4.79 Å². The smallest absolute Gasteiger partial charge is 0.226 e. The van der Waals surface area contributed by atoms with Crippen molar-refractivity contribution in [3.05, 3.63) is 35.9 Å². The van der Waals surface area contributed by atoms with Crippen LogP contribution in [-0.2, 0) is 16.1 Å². The van der Waals surface area contributed by atoms with Gasteiger partial charge in [0.05, 0.1) is 18.6 Å². The summed E-state index contributed by atoms with van der Waals surface area (Å²) in [5.41, 5.74) is 1.22. The predicted molar refractivity (Wildman–Crippen MR) is 91.1 cm³/mol. The summed E-state index contributed by atoms with van der Waals surface area (Å²) in [6.07, 6.45) is 4.40. The van der Waals surface area contributed by atoms with E-state index < -0.39 is 0 Å². The normalized spacial score (nSPS) is 23.9. The van der Waals surface area contributed by atoms with Gasteiger partial charge in [-0.2, -0.15) is 0 Å². The second kappa shape index (κ2) is 7.93. The molecule has 1 atom stereocenters. The molecule has 0 radical (unpaired) electrons. The number of hydrogen-bond donors (Lipinski definition) is 0. The van der Waals surface area contributed by atoms with Crippen molar-refractivity contribution in [2.45, 2.75) is 38.4 Å². The number of nitrogens with zero attached hydrogens (tertiary/aromatic N) is 2. The summed E-state index contributed by atoms with van der Waals surface area (Å²) in [6.45, 7) is 4.41. The van der Waals surface area contributed by atoms with Crippen molar-refractivity contribution in [2.75, 3.05) is 33.2 Å². The lowest BCUT2D eigenvalue weighted by atomic mass is 9.95. The number of benzene rings is 1. The Labute approximate surface area is 139 Å². The summed E-state index contributed by atoms with van der Waals surface area (Å²) in [7, 11) is 2.11. The summed E-state index contributed by atoms with van der Waals surface area (Å²) in [4.78, 5) is 17.0. The highest BCUT2D eigenvalue weighted by molar-refractivity contribution is 5.79. The molecular weight excluding hydrogens is 288 g/mol. The van der Waals surface area contributed by atoms with Gasteiger partial charge >= 0.3 is 0 Å². The Morgan fingerprint density at radius 1 is 1.13 bits per heavy atom. The first-order valence-electron chi connectivity index (χ1n) is 8.85. The molecule has 1 aromatic carbocycles. The van der Waals surface area contributed by atoms with E-state index in [1.807, 2.05) is 18.2 Å². The molecule has 0 aliphatic carbocycles. The number of piperidine rings is 2. The Bertz CT molecular complexity index is 497. The minimum Gasteiger partial charge on any atom is -0.373 e. The van der Waals surface area contributed by atoms with Crippen molar-refractivity contribution in [2.24, 2.45) is 5.92 Å². The Balaban J connectivity index is 1.42. The third-order valence-corrected chi connectivity index (χ3v) is 5.06. The molecule has 23 heavy (non-hydrogen) atoms. The fourth-order valence-electron chi connectivity index (χ4n) is 3.66. The standard InChI is InChI=1S/C19H28N2O2/c1-20-11-5-8-17(14-20)19(22)21-12-9-18(10-13-21)23-15-16-6-3-2-4-7-16/h2-4,6-7,17-18H,5,8-15H2,1H3/t17-/m1/s1.